The Morgan fingerprint density at radius 1 is 0.900 bits per heavy atom. The van der Waals surface area contributed by atoms with Crippen molar-refractivity contribution >= 4 is 11.6 Å². The van der Waals surface area contributed by atoms with Crippen LogP contribution in [0.4, 0.5) is 5.69 Å². The van der Waals surface area contributed by atoms with Gasteiger partial charge in [0.2, 0.25) is 5.82 Å². The van der Waals surface area contributed by atoms with E-state index in [-0.39, 0.29) is 5.91 Å². The van der Waals surface area contributed by atoms with Crippen molar-refractivity contribution in [3.63, 3.8) is 0 Å². The van der Waals surface area contributed by atoms with Gasteiger partial charge < -0.3 is 19.3 Å². The van der Waals surface area contributed by atoms with E-state index in [1.165, 1.54) is 14.2 Å². The average Bonchev–Trinajstić information content (AvgIpc) is 3.29. The first-order valence-electron chi connectivity index (χ1n) is 9.21. The van der Waals surface area contributed by atoms with E-state index in [2.05, 4.69) is 15.5 Å². The third-order valence-electron chi connectivity index (χ3n) is 4.48. The van der Waals surface area contributed by atoms with Crippen molar-refractivity contribution in [2.45, 2.75) is 0 Å². The summed E-state index contributed by atoms with van der Waals surface area (Å²) in [7, 11) is 3.07. The predicted molar refractivity (Wildman–Crippen MR) is 113 cm³/mol. The molecule has 4 aromatic rings. The van der Waals surface area contributed by atoms with Gasteiger partial charge in [-0.2, -0.15) is 4.98 Å². The fourth-order valence-corrected chi connectivity index (χ4v) is 2.95. The van der Waals surface area contributed by atoms with Crippen LogP contribution >= 0.6 is 0 Å². The normalized spacial score (nSPS) is 10.5. The Hall–Kier alpha value is -4.13. The van der Waals surface area contributed by atoms with Crippen LogP contribution in [0.1, 0.15) is 10.4 Å². The molecule has 1 N–H and O–H groups in total. The van der Waals surface area contributed by atoms with Gasteiger partial charge in [0.05, 0.1) is 25.5 Å². The topological polar surface area (TPSA) is 86.5 Å². The van der Waals surface area contributed by atoms with Crippen LogP contribution in [0.5, 0.6) is 11.5 Å². The lowest BCUT2D eigenvalue weighted by Gasteiger charge is -2.11. The molecule has 1 amide bonds. The molecule has 0 unspecified atom stereocenters. The Morgan fingerprint density at radius 3 is 2.27 bits per heavy atom. The summed E-state index contributed by atoms with van der Waals surface area (Å²) in [5.41, 5.74) is 2.41. The number of ether oxygens (including phenoxy) is 2. The maximum Gasteiger partial charge on any atom is 0.260 e. The number of nitrogens with zero attached hydrogens (tertiary/aromatic N) is 2. The maximum absolute atomic E-state index is 12.9. The standard InChI is InChI=1S/C23H19N3O4/c1-28-17-12-16(13-18(14-17)29-2)22(27)24-20-11-7-6-10-19(20)23-25-21(26-30-23)15-8-4-3-5-9-15/h3-14H,1-2H3,(H,24,27). The molecule has 0 aliphatic heterocycles. The van der Waals surface area contributed by atoms with E-state index in [1.807, 2.05) is 48.5 Å². The molecule has 0 saturated carbocycles. The average molecular weight is 401 g/mol. The summed E-state index contributed by atoms with van der Waals surface area (Å²) in [5.74, 6) is 1.52. The molecule has 4 rings (SSSR count). The number of carbonyl (C=O) groups excluding carboxylic acids is 1. The fourth-order valence-electron chi connectivity index (χ4n) is 2.95. The zero-order valence-corrected chi connectivity index (χ0v) is 16.5. The molecular formula is C23H19N3O4. The van der Waals surface area contributed by atoms with E-state index in [1.54, 1.807) is 24.3 Å². The van der Waals surface area contributed by atoms with E-state index >= 15 is 0 Å². The van der Waals surface area contributed by atoms with E-state index < -0.39 is 0 Å². The number of anilines is 1. The summed E-state index contributed by atoms with van der Waals surface area (Å²) >= 11 is 0. The summed E-state index contributed by atoms with van der Waals surface area (Å²) in [4.78, 5) is 17.3. The number of amides is 1. The van der Waals surface area contributed by atoms with Gasteiger partial charge in [0, 0.05) is 17.2 Å². The van der Waals surface area contributed by atoms with E-state index in [0.717, 1.165) is 5.56 Å². The Morgan fingerprint density at radius 2 is 1.57 bits per heavy atom. The van der Waals surface area contributed by atoms with E-state index in [4.69, 9.17) is 14.0 Å². The van der Waals surface area contributed by atoms with Crippen LogP contribution < -0.4 is 14.8 Å². The van der Waals surface area contributed by atoms with Crippen molar-refractivity contribution < 1.29 is 18.8 Å². The number of aromatic nitrogens is 2. The molecule has 0 saturated heterocycles. The van der Waals surface area contributed by atoms with Gasteiger partial charge in [-0.3, -0.25) is 4.79 Å². The minimum absolute atomic E-state index is 0.313. The van der Waals surface area contributed by atoms with Gasteiger partial charge in [-0.1, -0.05) is 47.6 Å². The van der Waals surface area contributed by atoms with E-state index in [0.29, 0.717) is 40.0 Å². The number of rotatable bonds is 6. The molecule has 0 bridgehead atoms. The van der Waals surface area contributed by atoms with Gasteiger partial charge in [0.15, 0.2) is 0 Å². The predicted octanol–water partition coefficient (Wildman–Crippen LogP) is 4.67. The highest BCUT2D eigenvalue weighted by Crippen LogP contribution is 2.29. The van der Waals surface area contributed by atoms with E-state index in [9.17, 15) is 4.79 Å². The van der Waals surface area contributed by atoms with Gasteiger partial charge in [0.25, 0.3) is 11.8 Å². The number of nitrogens with one attached hydrogen (secondary N) is 1. The molecule has 0 radical (unpaired) electrons. The molecule has 7 nitrogen and oxygen atoms in total. The molecule has 1 aromatic heterocycles. The SMILES string of the molecule is COc1cc(OC)cc(C(=O)Nc2ccccc2-c2nc(-c3ccccc3)no2)c1. The monoisotopic (exact) mass is 401 g/mol. The number of hydrogen-bond acceptors (Lipinski definition) is 6. The molecule has 0 fully saturated rings. The van der Waals surface area contributed by atoms with Crippen molar-refractivity contribution in [2.75, 3.05) is 19.5 Å². The first-order chi connectivity index (χ1) is 14.7. The molecule has 30 heavy (non-hydrogen) atoms. The Kier molecular flexibility index (Phi) is 5.43. The van der Waals surface area contributed by atoms with Crippen LogP contribution in [-0.2, 0) is 0 Å². The van der Waals surface area contributed by atoms with Crippen molar-refractivity contribution in [3.05, 3.63) is 78.4 Å². The summed E-state index contributed by atoms with van der Waals surface area (Å²) in [6.45, 7) is 0. The van der Waals surface area contributed by atoms with Crippen LogP contribution in [0.3, 0.4) is 0 Å². The lowest BCUT2D eigenvalue weighted by Crippen LogP contribution is -2.13. The van der Waals surface area contributed by atoms with Crippen molar-refractivity contribution in [1.82, 2.24) is 10.1 Å². The van der Waals surface area contributed by atoms with Crippen LogP contribution in [0, 0.1) is 0 Å². The first-order valence-corrected chi connectivity index (χ1v) is 9.21. The molecule has 0 atom stereocenters. The van der Waals surface area contributed by atoms with Gasteiger partial charge in [-0.15, -0.1) is 0 Å². The Balaban J connectivity index is 1.63. The number of para-hydroxylation sites is 1. The zero-order valence-electron chi connectivity index (χ0n) is 16.5. The third-order valence-corrected chi connectivity index (χ3v) is 4.48. The quantitative estimate of drug-likeness (QED) is 0.505. The highest BCUT2D eigenvalue weighted by molar-refractivity contribution is 6.06. The summed E-state index contributed by atoms with van der Waals surface area (Å²) in [6, 6.07) is 21.8. The molecule has 0 aliphatic rings. The van der Waals surface area contributed by atoms with Crippen molar-refractivity contribution in [3.8, 4) is 34.3 Å². The smallest absolute Gasteiger partial charge is 0.260 e. The second-order valence-electron chi connectivity index (χ2n) is 6.39. The summed E-state index contributed by atoms with van der Waals surface area (Å²) in [6.07, 6.45) is 0. The number of carbonyl (C=O) groups is 1. The molecule has 0 aliphatic carbocycles. The van der Waals surface area contributed by atoms with Crippen LogP contribution in [0.25, 0.3) is 22.8 Å². The number of hydrogen-bond donors (Lipinski definition) is 1. The van der Waals surface area contributed by atoms with Crippen LogP contribution in [-0.4, -0.2) is 30.3 Å². The molecule has 3 aromatic carbocycles. The van der Waals surface area contributed by atoms with Gasteiger partial charge in [0.1, 0.15) is 11.5 Å². The summed E-state index contributed by atoms with van der Waals surface area (Å²) < 4.78 is 15.9. The van der Waals surface area contributed by atoms with Crippen LogP contribution in [0.2, 0.25) is 0 Å². The van der Waals surface area contributed by atoms with Gasteiger partial charge >= 0.3 is 0 Å². The highest BCUT2D eigenvalue weighted by atomic mass is 16.5. The molecule has 150 valence electrons. The molecular weight excluding hydrogens is 382 g/mol. The van der Waals surface area contributed by atoms with Crippen LogP contribution in [0.15, 0.2) is 77.3 Å². The zero-order chi connectivity index (χ0) is 20.9. The molecule has 7 heteroatoms. The lowest BCUT2D eigenvalue weighted by atomic mass is 10.1. The minimum atomic E-state index is -0.317. The second kappa shape index (κ2) is 8.48. The van der Waals surface area contributed by atoms with Crippen molar-refractivity contribution in [1.29, 1.82) is 0 Å². The van der Waals surface area contributed by atoms with Gasteiger partial charge in [-0.05, 0) is 24.3 Å². The summed E-state index contributed by atoms with van der Waals surface area (Å²) in [5, 5.41) is 6.95. The molecule has 1 heterocycles. The third kappa shape index (κ3) is 4.00. The largest absolute Gasteiger partial charge is 0.497 e. The highest BCUT2D eigenvalue weighted by Gasteiger charge is 2.17. The Bertz CT molecular complexity index is 1150. The second-order valence-corrected chi connectivity index (χ2v) is 6.39. The lowest BCUT2D eigenvalue weighted by molar-refractivity contribution is 0.102. The van der Waals surface area contributed by atoms with Gasteiger partial charge in [-0.25, -0.2) is 0 Å². The first kappa shape index (κ1) is 19.2. The molecule has 0 spiro atoms. The number of benzene rings is 3. The Labute approximate surface area is 173 Å². The minimum Gasteiger partial charge on any atom is -0.497 e. The fraction of sp³-hybridized carbons (Fsp3) is 0.0870. The van der Waals surface area contributed by atoms with Crippen molar-refractivity contribution in [2.24, 2.45) is 0 Å². The maximum atomic E-state index is 12.9. The number of methoxy groups -OCH3 is 2.